The van der Waals surface area contributed by atoms with Gasteiger partial charge in [0.2, 0.25) is 6.79 Å². The van der Waals surface area contributed by atoms with Crippen LogP contribution in [0.15, 0.2) is 28.5 Å². The lowest BCUT2D eigenvalue weighted by molar-refractivity contribution is 0.174. The van der Waals surface area contributed by atoms with E-state index in [0.29, 0.717) is 44.1 Å². The fourth-order valence-electron chi connectivity index (χ4n) is 2.07. The second-order valence-electron chi connectivity index (χ2n) is 4.41. The number of nitriles is 1. The van der Waals surface area contributed by atoms with Crippen LogP contribution in [0.5, 0.6) is 11.5 Å². The van der Waals surface area contributed by atoms with Gasteiger partial charge in [-0.25, -0.2) is 15.0 Å². The zero-order valence-electron chi connectivity index (χ0n) is 11.0. The van der Waals surface area contributed by atoms with Crippen LogP contribution in [0.3, 0.4) is 0 Å². The van der Waals surface area contributed by atoms with Crippen molar-refractivity contribution in [2.24, 2.45) is 0 Å². The number of H-pyrrole nitrogens is 1. The minimum atomic E-state index is 0.158. The molecule has 1 aromatic carbocycles. The first-order valence-corrected chi connectivity index (χ1v) is 7.04. The van der Waals surface area contributed by atoms with Crippen LogP contribution < -0.4 is 15.2 Å². The van der Waals surface area contributed by atoms with Gasteiger partial charge in [-0.1, -0.05) is 11.8 Å². The van der Waals surface area contributed by atoms with E-state index in [4.69, 9.17) is 15.2 Å². The third kappa shape index (κ3) is 1.97. The fourth-order valence-corrected chi connectivity index (χ4v) is 2.95. The van der Waals surface area contributed by atoms with Crippen molar-refractivity contribution in [3.63, 3.8) is 0 Å². The topological polar surface area (TPSA) is 123 Å². The van der Waals surface area contributed by atoms with Crippen LogP contribution in [0.2, 0.25) is 0 Å². The van der Waals surface area contributed by atoms with Gasteiger partial charge in [0.15, 0.2) is 33.6 Å². The number of hydrogen-bond donors (Lipinski definition) is 2. The number of aromatic amines is 1. The highest BCUT2D eigenvalue weighted by Gasteiger charge is 2.19. The van der Waals surface area contributed by atoms with Gasteiger partial charge in [-0.2, -0.15) is 5.26 Å². The number of nitrogens with two attached hydrogens (primary N) is 1. The molecule has 9 heteroatoms. The molecule has 0 unspecified atom stereocenters. The van der Waals surface area contributed by atoms with Gasteiger partial charge in [0.05, 0.1) is 5.56 Å². The molecule has 22 heavy (non-hydrogen) atoms. The van der Waals surface area contributed by atoms with Crippen molar-refractivity contribution < 1.29 is 9.47 Å². The van der Waals surface area contributed by atoms with E-state index < -0.39 is 0 Å². The lowest BCUT2D eigenvalue weighted by Crippen LogP contribution is -1.92. The second kappa shape index (κ2) is 4.78. The molecule has 8 nitrogen and oxygen atoms in total. The highest BCUT2D eigenvalue weighted by Crippen LogP contribution is 2.40. The molecular formula is C13H8N6O2S. The molecule has 2 aromatic heterocycles. The number of nitrogens with zero attached hydrogens (tertiary/aromatic N) is 4. The fraction of sp³-hybridized carbons (Fsp3) is 0.0769. The van der Waals surface area contributed by atoms with Crippen molar-refractivity contribution >= 4 is 28.7 Å². The van der Waals surface area contributed by atoms with Crippen LogP contribution in [-0.2, 0) is 0 Å². The Bertz CT molecular complexity index is 932. The number of hydrogen-bond acceptors (Lipinski definition) is 8. The Kier molecular flexibility index (Phi) is 2.77. The highest BCUT2D eigenvalue weighted by atomic mass is 32.2. The molecule has 1 aliphatic rings. The summed E-state index contributed by atoms with van der Waals surface area (Å²) in [6.07, 6.45) is 1.37. The first kappa shape index (κ1) is 12.7. The zero-order chi connectivity index (χ0) is 15.1. The van der Waals surface area contributed by atoms with Crippen LogP contribution in [0, 0.1) is 11.3 Å². The van der Waals surface area contributed by atoms with Crippen LogP contribution in [0.1, 0.15) is 5.56 Å². The Morgan fingerprint density at radius 2 is 2.09 bits per heavy atom. The standard InChI is InChI=1S/C13H8N6O2S/c14-3-6-1-7-8(21-5-20-7)2-9(6)22-13-18-10-11(15)16-4-17-12(10)19-13/h1-2,4H,5H2,(H3,15,16,17,18,19). The van der Waals surface area contributed by atoms with E-state index in [1.165, 1.54) is 18.1 Å². The summed E-state index contributed by atoms with van der Waals surface area (Å²) in [6, 6.07) is 5.55. The summed E-state index contributed by atoms with van der Waals surface area (Å²) in [4.78, 5) is 16.1. The van der Waals surface area contributed by atoms with Crippen molar-refractivity contribution in [2.75, 3.05) is 12.5 Å². The number of rotatable bonds is 2. The molecule has 0 radical (unpaired) electrons. The van der Waals surface area contributed by atoms with Crippen molar-refractivity contribution in [3.05, 3.63) is 24.0 Å². The highest BCUT2D eigenvalue weighted by molar-refractivity contribution is 7.99. The van der Waals surface area contributed by atoms with Gasteiger partial charge in [0, 0.05) is 11.0 Å². The number of anilines is 1. The van der Waals surface area contributed by atoms with Gasteiger partial charge in [-0.15, -0.1) is 0 Å². The monoisotopic (exact) mass is 312 g/mol. The molecule has 4 rings (SSSR count). The van der Waals surface area contributed by atoms with Crippen LogP contribution in [0.4, 0.5) is 5.82 Å². The number of benzene rings is 1. The van der Waals surface area contributed by atoms with E-state index in [1.807, 2.05) is 0 Å². The second-order valence-corrected chi connectivity index (χ2v) is 5.44. The predicted molar refractivity (Wildman–Crippen MR) is 77.5 cm³/mol. The van der Waals surface area contributed by atoms with Gasteiger partial charge in [0.1, 0.15) is 12.4 Å². The van der Waals surface area contributed by atoms with Crippen molar-refractivity contribution in [2.45, 2.75) is 10.1 Å². The van der Waals surface area contributed by atoms with E-state index in [2.05, 4.69) is 26.0 Å². The first-order chi connectivity index (χ1) is 10.7. The molecule has 0 fully saturated rings. The average Bonchev–Trinajstić information content (AvgIpc) is 3.13. The minimum absolute atomic E-state index is 0.158. The van der Waals surface area contributed by atoms with E-state index >= 15 is 0 Å². The maximum absolute atomic E-state index is 9.28. The molecular weight excluding hydrogens is 304 g/mol. The molecule has 1 aliphatic heterocycles. The molecule has 3 aromatic rings. The number of ether oxygens (including phenoxy) is 2. The van der Waals surface area contributed by atoms with E-state index in [-0.39, 0.29) is 6.79 Å². The van der Waals surface area contributed by atoms with Gasteiger partial charge in [-0.05, 0) is 6.07 Å². The van der Waals surface area contributed by atoms with E-state index in [9.17, 15) is 5.26 Å². The molecule has 0 saturated heterocycles. The van der Waals surface area contributed by atoms with Gasteiger partial charge >= 0.3 is 0 Å². The smallest absolute Gasteiger partial charge is 0.231 e. The van der Waals surface area contributed by atoms with E-state index in [1.54, 1.807) is 12.1 Å². The molecule has 0 saturated carbocycles. The van der Waals surface area contributed by atoms with Gasteiger partial charge in [0.25, 0.3) is 0 Å². The van der Waals surface area contributed by atoms with E-state index in [0.717, 1.165) is 0 Å². The quantitative estimate of drug-likeness (QED) is 0.732. The summed E-state index contributed by atoms with van der Waals surface area (Å²) in [5.74, 6) is 1.48. The zero-order valence-corrected chi connectivity index (χ0v) is 11.8. The molecule has 108 valence electrons. The van der Waals surface area contributed by atoms with Crippen molar-refractivity contribution in [3.8, 4) is 17.6 Å². The summed E-state index contributed by atoms with van der Waals surface area (Å²) < 4.78 is 10.6. The SMILES string of the molecule is N#Cc1cc2c(cc1Sc1nc3c(N)ncnc3[nH]1)OCO2. The number of nitrogens with one attached hydrogen (secondary N) is 1. The summed E-state index contributed by atoms with van der Waals surface area (Å²) in [7, 11) is 0. The lowest BCUT2D eigenvalue weighted by Gasteiger charge is -2.03. The lowest BCUT2D eigenvalue weighted by atomic mass is 10.2. The van der Waals surface area contributed by atoms with Gasteiger partial charge in [-0.3, -0.25) is 0 Å². The molecule has 0 bridgehead atoms. The van der Waals surface area contributed by atoms with Gasteiger partial charge < -0.3 is 20.2 Å². The Balaban J connectivity index is 1.76. The van der Waals surface area contributed by atoms with Crippen molar-refractivity contribution in [1.82, 2.24) is 19.9 Å². The Morgan fingerprint density at radius 1 is 1.27 bits per heavy atom. The van der Waals surface area contributed by atoms with Crippen molar-refractivity contribution in [1.29, 1.82) is 5.26 Å². The summed E-state index contributed by atoms with van der Waals surface area (Å²) in [5, 5.41) is 9.85. The first-order valence-electron chi connectivity index (χ1n) is 6.22. The maximum Gasteiger partial charge on any atom is 0.231 e. The largest absolute Gasteiger partial charge is 0.454 e. The normalized spacial score (nSPS) is 12.5. The molecule has 0 aliphatic carbocycles. The molecule has 0 atom stereocenters. The number of aromatic nitrogens is 4. The molecule has 0 spiro atoms. The third-order valence-corrected chi connectivity index (χ3v) is 4.04. The Labute approximate surface area is 128 Å². The molecule has 3 heterocycles. The van der Waals surface area contributed by atoms with Crippen LogP contribution in [-0.4, -0.2) is 26.7 Å². The number of fused-ring (bicyclic) bond motifs is 2. The summed E-state index contributed by atoms with van der Waals surface area (Å²) >= 11 is 1.29. The third-order valence-electron chi connectivity index (χ3n) is 3.09. The van der Waals surface area contributed by atoms with Crippen LogP contribution in [0.25, 0.3) is 11.2 Å². The number of imidazole rings is 1. The molecule has 0 amide bonds. The Hall–Kier alpha value is -2.99. The Morgan fingerprint density at radius 3 is 2.86 bits per heavy atom. The predicted octanol–water partition coefficient (Wildman–Crippen LogP) is 1.69. The maximum atomic E-state index is 9.28. The number of nitrogen functional groups attached to an aromatic ring is 1. The average molecular weight is 312 g/mol. The van der Waals surface area contributed by atoms with Crippen LogP contribution >= 0.6 is 11.8 Å². The molecule has 3 N–H and O–H groups in total. The minimum Gasteiger partial charge on any atom is -0.454 e. The summed E-state index contributed by atoms with van der Waals surface area (Å²) in [6.45, 7) is 0.158. The summed E-state index contributed by atoms with van der Waals surface area (Å²) in [5.41, 5.74) is 7.30.